The van der Waals surface area contributed by atoms with Gasteiger partial charge in [0.2, 0.25) is 0 Å². The number of carbonyl (C=O) groups excluding carboxylic acids is 3. The minimum Gasteiger partial charge on any atom is -0.479 e. The Kier molecular flexibility index (Phi) is 5.42. The molecule has 3 fully saturated rings. The van der Waals surface area contributed by atoms with Crippen molar-refractivity contribution < 1.29 is 37.0 Å². The molecule has 0 unspecified atom stereocenters. The van der Waals surface area contributed by atoms with Crippen molar-refractivity contribution in [3.8, 4) is 11.5 Å². The zero-order valence-corrected chi connectivity index (χ0v) is 18.8. The first-order chi connectivity index (χ1) is 16.4. The molecule has 3 saturated carbocycles. The summed E-state index contributed by atoms with van der Waals surface area (Å²) in [6, 6.07) is 6.82. The Balaban J connectivity index is 1.17. The molecule has 1 aliphatic heterocycles. The second-order valence-corrected chi connectivity index (χ2v) is 9.60. The number of nitrogens with zero attached hydrogens (tertiary/aromatic N) is 1. The van der Waals surface area contributed by atoms with Crippen molar-refractivity contribution in [2.45, 2.75) is 55.6 Å². The Morgan fingerprint density at radius 3 is 2.49 bits per heavy atom. The second kappa shape index (κ2) is 8.11. The molecule has 6 rings (SSSR count). The van der Waals surface area contributed by atoms with Gasteiger partial charge >= 0.3 is 6.36 Å². The summed E-state index contributed by atoms with van der Waals surface area (Å²) in [6.45, 7) is 0. The van der Waals surface area contributed by atoms with E-state index in [1.54, 1.807) is 12.1 Å². The number of fused-ring (bicyclic) bond motifs is 2. The Morgan fingerprint density at radius 2 is 1.83 bits per heavy atom. The van der Waals surface area contributed by atoms with Gasteiger partial charge in [0.15, 0.2) is 11.9 Å². The van der Waals surface area contributed by atoms with E-state index in [0.717, 1.165) is 18.3 Å². The third-order valence-electron chi connectivity index (χ3n) is 6.58. The number of hydrogen-bond donors (Lipinski definition) is 2. The van der Waals surface area contributed by atoms with Crippen LogP contribution in [0.5, 0.6) is 11.5 Å². The highest BCUT2D eigenvalue weighted by molar-refractivity contribution is 6.31. The van der Waals surface area contributed by atoms with E-state index in [1.807, 2.05) is 0 Å². The van der Waals surface area contributed by atoms with Crippen LogP contribution in [0.25, 0.3) is 0 Å². The van der Waals surface area contributed by atoms with E-state index in [2.05, 4.69) is 20.4 Å². The predicted octanol–water partition coefficient (Wildman–Crippen LogP) is 3.58. The van der Waals surface area contributed by atoms with E-state index in [4.69, 9.17) is 16.3 Å². The van der Waals surface area contributed by atoms with Crippen molar-refractivity contribution in [3.63, 3.8) is 0 Å². The average molecular weight is 510 g/mol. The smallest absolute Gasteiger partial charge is 0.479 e. The zero-order chi connectivity index (χ0) is 25.0. The van der Waals surface area contributed by atoms with Gasteiger partial charge in [0, 0.05) is 16.1 Å². The summed E-state index contributed by atoms with van der Waals surface area (Å²) < 4.78 is 46.3. The van der Waals surface area contributed by atoms with E-state index in [0.29, 0.717) is 42.0 Å². The van der Waals surface area contributed by atoms with Crippen molar-refractivity contribution in [2.75, 3.05) is 0 Å². The molecule has 3 aliphatic carbocycles. The van der Waals surface area contributed by atoms with Crippen molar-refractivity contribution in [2.24, 2.45) is 0 Å². The highest BCUT2D eigenvalue weighted by Crippen LogP contribution is 2.55. The lowest BCUT2D eigenvalue weighted by Crippen LogP contribution is -2.65. The fourth-order valence-electron chi connectivity index (χ4n) is 5.18. The Hall–Kier alpha value is -3.34. The fraction of sp³-hybridized carbons (Fsp3) is 0.391. The molecule has 1 aromatic carbocycles. The highest BCUT2D eigenvalue weighted by Gasteiger charge is 2.62. The summed E-state index contributed by atoms with van der Waals surface area (Å²) in [6.07, 6.45) is -2.87. The van der Waals surface area contributed by atoms with Gasteiger partial charge in [-0.2, -0.15) is 0 Å². The largest absolute Gasteiger partial charge is 0.573 e. The number of alkyl halides is 3. The van der Waals surface area contributed by atoms with Crippen LogP contribution in [0.4, 0.5) is 13.2 Å². The van der Waals surface area contributed by atoms with E-state index < -0.39 is 41.1 Å². The second-order valence-electron chi connectivity index (χ2n) is 9.16. The Bertz CT molecular complexity index is 1210. The number of Topliss-reactive ketones (excluding diaryl/α,β-unsaturated/α-hetero) is 1. The Morgan fingerprint density at radius 1 is 1.11 bits per heavy atom. The molecule has 0 radical (unpaired) electrons. The van der Waals surface area contributed by atoms with Crippen LogP contribution in [0.2, 0.25) is 5.02 Å². The molecule has 12 heteroatoms. The number of benzene rings is 1. The fourth-order valence-corrected chi connectivity index (χ4v) is 5.35. The predicted molar refractivity (Wildman–Crippen MR) is 115 cm³/mol. The molecule has 2 N–H and O–H groups in total. The number of amides is 2. The molecule has 1 aromatic heterocycles. The summed E-state index contributed by atoms with van der Waals surface area (Å²) in [5.41, 5.74) is -0.762. The minimum atomic E-state index is -4.85. The monoisotopic (exact) mass is 509 g/mol. The first-order valence-corrected chi connectivity index (χ1v) is 11.2. The van der Waals surface area contributed by atoms with Gasteiger partial charge in [0.05, 0.1) is 18.2 Å². The third-order valence-corrected chi connectivity index (χ3v) is 6.81. The van der Waals surface area contributed by atoms with Crippen LogP contribution in [-0.2, 0) is 4.79 Å². The quantitative estimate of drug-likeness (QED) is 0.638. The number of ketones is 1. The molecule has 8 nitrogen and oxygen atoms in total. The topological polar surface area (TPSA) is 107 Å². The van der Waals surface area contributed by atoms with Crippen LogP contribution in [0.3, 0.4) is 0 Å². The molecular formula is C23H19ClF3N3O5. The molecule has 184 valence electrons. The van der Waals surface area contributed by atoms with Gasteiger partial charge in [-0.05, 0) is 56.0 Å². The third kappa shape index (κ3) is 4.64. The van der Waals surface area contributed by atoms with Crippen molar-refractivity contribution in [1.82, 2.24) is 15.6 Å². The molecule has 4 aliphatic rings. The SMILES string of the molecule is O=C(NC12CCC(NC(=O)[C@H]3CC(=O)c4cc(Cl)ccc4O3)(C1)C2)c1ccc(OC(F)(F)F)cn1. The van der Waals surface area contributed by atoms with Gasteiger partial charge in [0.25, 0.3) is 11.8 Å². The highest BCUT2D eigenvalue weighted by atomic mass is 35.5. The molecule has 35 heavy (non-hydrogen) atoms. The molecule has 0 spiro atoms. The molecular weight excluding hydrogens is 491 g/mol. The number of aromatic nitrogens is 1. The molecule has 1 atom stereocenters. The zero-order valence-electron chi connectivity index (χ0n) is 18.1. The molecule has 0 saturated heterocycles. The van der Waals surface area contributed by atoms with Gasteiger partial charge in [-0.1, -0.05) is 11.6 Å². The standard InChI is InChI=1S/C23H19ClF3N3O5/c24-12-1-4-17-14(7-12)16(31)8-18(34-17)20(33)30-22-6-5-21(10-22,11-22)29-19(32)15-3-2-13(9-28-15)35-23(25,26)27/h1-4,7,9,18H,5-6,8,10-11H2,(H,29,32)(H,30,33)/t18-,21?,22?/m1/s1. The summed E-state index contributed by atoms with van der Waals surface area (Å²) >= 11 is 5.93. The van der Waals surface area contributed by atoms with E-state index in [-0.39, 0.29) is 17.9 Å². The summed E-state index contributed by atoms with van der Waals surface area (Å²) in [5.74, 6) is -1.37. The summed E-state index contributed by atoms with van der Waals surface area (Å²) in [7, 11) is 0. The number of carbonyl (C=O) groups is 3. The van der Waals surface area contributed by atoms with Gasteiger partial charge in [-0.3, -0.25) is 14.4 Å². The van der Waals surface area contributed by atoms with Crippen LogP contribution in [0, 0.1) is 0 Å². The summed E-state index contributed by atoms with van der Waals surface area (Å²) in [4.78, 5) is 41.7. The number of nitrogens with one attached hydrogen (secondary N) is 2. The van der Waals surface area contributed by atoms with Crippen LogP contribution in [0.1, 0.15) is 53.0 Å². The molecule has 2 bridgehead atoms. The number of halogens is 4. The van der Waals surface area contributed by atoms with E-state index >= 15 is 0 Å². The van der Waals surface area contributed by atoms with E-state index in [9.17, 15) is 27.6 Å². The first kappa shape index (κ1) is 23.4. The Labute approximate surface area is 202 Å². The van der Waals surface area contributed by atoms with Gasteiger partial charge < -0.3 is 20.1 Å². The van der Waals surface area contributed by atoms with E-state index in [1.165, 1.54) is 6.07 Å². The lowest BCUT2D eigenvalue weighted by molar-refractivity contribution is -0.274. The van der Waals surface area contributed by atoms with Crippen LogP contribution >= 0.6 is 11.6 Å². The number of rotatable bonds is 5. The average Bonchev–Trinajstić information content (AvgIpc) is 3.28. The number of pyridine rings is 1. The van der Waals surface area contributed by atoms with Crippen molar-refractivity contribution in [1.29, 1.82) is 0 Å². The van der Waals surface area contributed by atoms with Crippen LogP contribution in [0.15, 0.2) is 36.5 Å². The maximum absolute atomic E-state index is 12.9. The summed E-state index contributed by atoms with van der Waals surface area (Å²) in [5, 5.41) is 6.29. The minimum absolute atomic E-state index is 0.0461. The molecule has 2 heterocycles. The number of hydrogen-bond acceptors (Lipinski definition) is 6. The van der Waals surface area contributed by atoms with Crippen LogP contribution in [-0.4, -0.2) is 46.1 Å². The normalized spacial score (nSPS) is 26.7. The van der Waals surface area contributed by atoms with Gasteiger partial charge in [-0.15, -0.1) is 13.2 Å². The van der Waals surface area contributed by atoms with Crippen LogP contribution < -0.4 is 20.1 Å². The maximum Gasteiger partial charge on any atom is 0.573 e. The van der Waals surface area contributed by atoms with Crippen molar-refractivity contribution >= 4 is 29.2 Å². The molecule has 2 aromatic rings. The van der Waals surface area contributed by atoms with Gasteiger partial charge in [-0.25, -0.2) is 4.98 Å². The van der Waals surface area contributed by atoms with Gasteiger partial charge in [0.1, 0.15) is 17.2 Å². The van der Waals surface area contributed by atoms with Crippen molar-refractivity contribution in [3.05, 3.63) is 52.8 Å². The maximum atomic E-state index is 12.9. The number of ether oxygens (including phenoxy) is 2. The molecule has 2 amide bonds. The lowest BCUT2D eigenvalue weighted by atomic mass is 9.71. The lowest BCUT2D eigenvalue weighted by Gasteiger charge is -2.48. The first-order valence-electron chi connectivity index (χ1n) is 10.8.